The first-order valence-electron chi connectivity index (χ1n) is 8.82. The molecule has 2 heterocycles. The van der Waals surface area contributed by atoms with Gasteiger partial charge in [0.2, 0.25) is 0 Å². The number of carbonyl (C=O) groups is 2. The third-order valence-corrected chi connectivity index (χ3v) is 5.95. The predicted octanol–water partition coefficient (Wildman–Crippen LogP) is 3.61. The Balaban J connectivity index is 1.36. The summed E-state index contributed by atoms with van der Waals surface area (Å²) < 4.78 is 5.26. The highest BCUT2D eigenvalue weighted by molar-refractivity contribution is 7.99. The van der Waals surface area contributed by atoms with E-state index in [9.17, 15) is 9.59 Å². The molecule has 3 aromatic rings. The average Bonchev–Trinajstić information content (AvgIpc) is 3.35. The molecule has 0 radical (unpaired) electrons. The summed E-state index contributed by atoms with van der Waals surface area (Å²) in [7, 11) is 0. The Hall–Kier alpha value is -2.57. The molecule has 0 amide bonds. The molecule has 2 N–H and O–H groups in total. The van der Waals surface area contributed by atoms with Crippen LogP contribution in [0.15, 0.2) is 54.7 Å². The second-order valence-electron chi connectivity index (χ2n) is 6.62. The lowest BCUT2D eigenvalue weighted by Crippen LogP contribution is -2.36. The van der Waals surface area contributed by atoms with E-state index in [1.165, 1.54) is 0 Å². The fourth-order valence-electron chi connectivity index (χ4n) is 3.19. The van der Waals surface area contributed by atoms with Crippen molar-refractivity contribution in [3.63, 3.8) is 0 Å². The summed E-state index contributed by atoms with van der Waals surface area (Å²) >= 11 is 1.67. The number of hydrogen-bond donors (Lipinski definition) is 2. The molecular weight excluding hydrogens is 360 g/mol. The van der Waals surface area contributed by atoms with Crippen molar-refractivity contribution >= 4 is 34.4 Å². The van der Waals surface area contributed by atoms with Gasteiger partial charge in [0.05, 0.1) is 5.37 Å². The molecule has 0 saturated carbocycles. The van der Waals surface area contributed by atoms with Gasteiger partial charge >= 0.3 is 5.97 Å². The van der Waals surface area contributed by atoms with E-state index < -0.39 is 6.04 Å². The fourth-order valence-corrected chi connectivity index (χ4v) is 4.45. The van der Waals surface area contributed by atoms with E-state index in [1.54, 1.807) is 23.9 Å². The van der Waals surface area contributed by atoms with Gasteiger partial charge in [-0.3, -0.25) is 14.9 Å². The highest BCUT2D eigenvalue weighted by Gasteiger charge is 2.32. The molecule has 138 valence electrons. The minimum atomic E-state index is -0.417. The van der Waals surface area contributed by atoms with Gasteiger partial charge in [0, 0.05) is 28.4 Å². The third kappa shape index (κ3) is 3.77. The third-order valence-electron chi connectivity index (χ3n) is 4.70. The van der Waals surface area contributed by atoms with Crippen LogP contribution >= 0.6 is 11.8 Å². The topological polar surface area (TPSA) is 71.2 Å². The van der Waals surface area contributed by atoms with Gasteiger partial charge in [-0.05, 0) is 24.6 Å². The second-order valence-corrected chi connectivity index (χ2v) is 7.75. The van der Waals surface area contributed by atoms with Crippen LogP contribution in [0.1, 0.15) is 26.9 Å². The monoisotopic (exact) mass is 380 g/mol. The predicted molar refractivity (Wildman–Crippen MR) is 107 cm³/mol. The highest BCUT2D eigenvalue weighted by atomic mass is 32.2. The number of hydrogen-bond acceptors (Lipinski definition) is 5. The lowest BCUT2D eigenvalue weighted by atomic mass is 10.1. The van der Waals surface area contributed by atoms with Crippen molar-refractivity contribution in [2.45, 2.75) is 18.3 Å². The number of nitrogens with one attached hydrogen (secondary N) is 2. The van der Waals surface area contributed by atoms with Crippen molar-refractivity contribution < 1.29 is 14.3 Å². The summed E-state index contributed by atoms with van der Waals surface area (Å²) in [6.07, 6.45) is 1.91. The van der Waals surface area contributed by atoms with E-state index >= 15 is 0 Å². The number of aromatic nitrogens is 1. The molecular formula is C21H20N2O3S. The van der Waals surface area contributed by atoms with Gasteiger partial charge in [-0.15, -0.1) is 11.8 Å². The van der Waals surface area contributed by atoms with Crippen molar-refractivity contribution in [2.24, 2.45) is 0 Å². The van der Waals surface area contributed by atoms with E-state index in [2.05, 4.69) is 16.4 Å². The Morgan fingerprint density at radius 1 is 1.15 bits per heavy atom. The zero-order chi connectivity index (χ0) is 18.8. The molecule has 0 unspecified atom stereocenters. The Labute approximate surface area is 161 Å². The van der Waals surface area contributed by atoms with Crippen LogP contribution < -0.4 is 5.32 Å². The molecule has 1 aliphatic heterocycles. The molecule has 0 aliphatic carbocycles. The maximum absolute atomic E-state index is 12.4. The number of esters is 1. The summed E-state index contributed by atoms with van der Waals surface area (Å²) in [4.78, 5) is 27.7. The quantitative estimate of drug-likeness (QED) is 0.523. The van der Waals surface area contributed by atoms with Crippen LogP contribution in [-0.4, -0.2) is 35.1 Å². The molecule has 1 aromatic heterocycles. The standard InChI is InChI=1S/C21H20N2O3S/c1-13-5-7-14(8-6-13)19(24)11-26-21(25)18-12-27-20(23-18)16-3-2-4-17-15(16)9-10-22-17/h2-10,18,20,22-23H,11-12H2,1H3/t18-,20+/m0/s1. The Morgan fingerprint density at radius 3 is 2.78 bits per heavy atom. The lowest BCUT2D eigenvalue weighted by Gasteiger charge is -2.14. The molecule has 1 saturated heterocycles. The number of ether oxygens (including phenoxy) is 1. The van der Waals surface area contributed by atoms with Gasteiger partial charge in [0.25, 0.3) is 0 Å². The molecule has 5 nitrogen and oxygen atoms in total. The van der Waals surface area contributed by atoms with Gasteiger partial charge in [0.1, 0.15) is 6.04 Å². The number of fused-ring (bicyclic) bond motifs is 1. The van der Waals surface area contributed by atoms with E-state index in [4.69, 9.17) is 4.74 Å². The Bertz CT molecular complexity index is 981. The van der Waals surface area contributed by atoms with Crippen LogP contribution in [0.5, 0.6) is 0 Å². The number of thioether (sulfide) groups is 1. The summed E-state index contributed by atoms with van der Waals surface area (Å²) in [5, 5.41) is 4.49. The SMILES string of the molecule is Cc1ccc(C(=O)COC(=O)[C@@H]2CS[C@H](c3cccc4[nH]ccc34)N2)cc1. The number of aryl methyl sites for hydroxylation is 1. The molecule has 6 heteroatoms. The highest BCUT2D eigenvalue weighted by Crippen LogP contribution is 2.36. The smallest absolute Gasteiger partial charge is 0.324 e. The number of ketones is 1. The van der Waals surface area contributed by atoms with Crippen LogP contribution in [0.2, 0.25) is 0 Å². The molecule has 1 aliphatic rings. The van der Waals surface area contributed by atoms with Crippen LogP contribution in [0.3, 0.4) is 0 Å². The van der Waals surface area contributed by atoms with Crippen LogP contribution in [0.4, 0.5) is 0 Å². The summed E-state index contributed by atoms with van der Waals surface area (Å²) in [6, 6.07) is 15.0. The molecule has 1 fully saturated rings. The van der Waals surface area contributed by atoms with Crippen molar-refractivity contribution in [1.29, 1.82) is 0 Å². The van der Waals surface area contributed by atoms with Gasteiger partial charge in [0.15, 0.2) is 12.4 Å². The second kappa shape index (κ2) is 7.58. The first-order chi connectivity index (χ1) is 13.1. The van der Waals surface area contributed by atoms with E-state index in [1.807, 2.05) is 43.5 Å². The minimum Gasteiger partial charge on any atom is -0.456 e. The summed E-state index contributed by atoms with van der Waals surface area (Å²) in [5.74, 6) is 0.0394. The first kappa shape index (κ1) is 17.8. The number of H-pyrrole nitrogens is 1. The average molecular weight is 380 g/mol. The number of carbonyl (C=O) groups excluding carboxylic acids is 2. The zero-order valence-corrected chi connectivity index (χ0v) is 15.7. The van der Waals surface area contributed by atoms with E-state index in [0.717, 1.165) is 22.0 Å². The maximum Gasteiger partial charge on any atom is 0.324 e. The lowest BCUT2D eigenvalue weighted by molar-refractivity contribution is -0.144. The van der Waals surface area contributed by atoms with Gasteiger partial charge in [-0.25, -0.2) is 0 Å². The molecule has 27 heavy (non-hydrogen) atoms. The van der Waals surface area contributed by atoms with Crippen molar-refractivity contribution in [2.75, 3.05) is 12.4 Å². The number of Topliss-reactive ketones (excluding diaryl/α,β-unsaturated/α-hetero) is 1. The van der Waals surface area contributed by atoms with Crippen LogP contribution in [0.25, 0.3) is 10.9 Å². The fraction of sp³-hybridized carbons (Fsp3) is 0.238. The molecule has 0 spiro atoms. The Kier molecular flexibility index (Phi) is 5.01. The molecule has 0 bridgehead atoms. The summed E-state index contributed by atoms with van der Waals surface area (Å²) in [6.45, 7) is 1.73. The van der Waals surface area contributed by atoms with Crippen molar-refractivity contribution in [3.8, 4) is 0 Å². The molecule has 2 atom stereocenters. The number of benzene rings is 2. The van der Waals surface area contributed by atoms with Gasteiger partial charge < -0.3 is 9.72 Å². The molecule has 2 aromatic carbocycles. The van der Waals surface area contributed by atoms with Gasteiger partial charge in [-0.2, -0.15) is 0 Å². The van der Waals surface area contributed by atoms with Crippen molar-refractivity contribution in [3.05, 3.63) is 71.4 Å². The zero-order valence-electron chi connectivity index (χ0n) is 14.9. The van der Waals surface area contributed by atoms with Crippen LogP contribution in [-0.2, 0) is 9.53 Å². The first-order valence-corrected chi connectivity index (χ1v) is 9.87. The largest absolute Gasteiger partial charge is 0.456 e. The maximum atomic E-state index is 12.4. The van der Waals surface area contributed by atoms with Crippen molar-refractivity contribution in [1.82, 2.24) is 10.3 Å². The van der Waals surface area contributed by atoms with Crippen LogP contribution in [0, 0.1) is 6.92 Å². The summed E-state index contributed by atoms with van der Waals surface area (Å²) in [5.41, 5.74) is 3.85. The van der Waals surface area contributed by atoms with E-state index in [0.29, 0.717) is 11.3 Å². The van der Waals surface area contributed by atoms with E-state index in [-0.39, 0.29) is 23.7 Å². The Morgan fingerprint density at radius 2 is 1.96 bits per heavy atom. The molecule has 4 rings (SSSR count). The number of aromatic amines is 1. The number of rotatable bonds is 5. The minimum absolute atomic E-state index is 0.0230. The normalized spacial score (nSPS) is 19.3. The van der Waals surface area contributed by atoms with Gasteiger partial charge in [-0.1, -0.05) is 42.0 Å².